The van der Waals surface area contributed by atoms with Crippen molar-refractivity contribution in [1.82, 2.24) is 0 Å². The van der Waals surface area contributed by atoms with Crippen LogP contribution in [0.4, 0.5) is 0 Å². The predicted molar refractivity (Wildman–Crippen MR) is 22.0 cm³/mol. The van der Waals surface area contributed by atoms with E-state index < -0.39 is 0 Å². The zero-order valence-corrected chi connectivity index (χ0v) is 3.55. The first-order valence-electron chi connectivity index (χ1n) is 1.59. The summed E-state index contributed by atoms with van der Waals surface area (Å²) >= 11 is 0. The fourth-order valence-corrected chi connectivity index (χ4v) is 0.0316. The monoisotopic (exact) mass is 89.0 g/mol. The molecule has 0 saturated heterocycles. The molecular formula is C3H7NO2. The molecule has 0 aliphatic heterocycles. The zero-order chi connectivity index (χ0) is 4.99. The lowest BCUT2D eigenvalue weighted by atomic mass is 10.5. The van der Waals surface area contributed by atoms with Gasteiger partial charge in [0, 0.05) is 0 Å². The van der Waals surface area contributed by atoms with Crippen LogP contribution in [0, 0.1) is 0 Å². The summed E-state index contributed by atoms with van der Waals surface area (Å²) in [5.41, 5.74) is 0.329. The van der Waals surface area contributed by atoms with Gasteiger partial charge < -0.3 is 10.3 Å². The lowest BCUT2D eigenvalue weighted by Gasteiger charge is -1.81. The molecule has 36 valence electrons. The van der Waals surface area contributed by atoms with Gasteiger partial charge in [0.05, 0.1) is 12.3 Å². The molecule has 0 atom stereocenters. The van der Waals surface area contributed by atoms with Crippen LogP contribution in [0.25, 0.3) is 0 Å². The Morgan fingerprint density at radius 3 is 2.33 bits per heavy atom. The van der Waals surface area contributed by atoms with Crippen LogP contribution < -0.4 is 0 Å². The minimum Gasteiger partial charge on any atom is -0.411 e. The highest BCUT2D eigenvalue weighted by Gasteiger charge is 1.79. The summed E-state index contributed by atoms with van der Waals surface area (Å²) in [6.45, 7) is 1.36. The Morgan fingerprint density at radius 1 is 1.83 bits per heavy atom. The van der Waals surface area contributed by atoms with E-state index in [2.05, 4.69) is 5.16 Å². The van der Waals surface area contributed by atoms with Crippen molar-refractivity contribution in [3.05, 3.63) is 0 Å². The van der Waals surface area contributed by atoms with E-state index in [9.17, 15) is 0 Å². The number of nitrogens with zero attached hydrogens (tertiary/aromatic N) is 1. The van der Waals surface area contributed by atoms with Gasteiger partial charge in [-0.25, -0.2) is 0 Å². The molecule has 0 spiro atoms. The SMILES string of the molecule is C/C(CO)=N\O. The Bertz CT molecular complexity index is 59.8. The molecule has 0 aliphatic rings. The summed E-state index contributed by atoms with van der Waals surface area (Å²) in [5.74, 6) is 0. The molecule has 0 saturated carbocycles. The summed E-state index contributed by atoms with van der Waals surface area (Å²) in [5, 5.41) is 18.5. The van der Waals surface area contributed by atoms with E-state index in [0.29, 0.717) is 5.71 Å². The smallest absolute Gasteiger partial charge is 0.0844 e. The maximum atomic E-state index is 8.04. The molecule has 2 N–H and O–H groups in total. The molecular weight excluding hydrogens is 82.0 g/mol. The van der Waals surface area contributed by atoms with Crippen LogP contribution in [-0.2, 0) is 0 Å². The molecule has 0 aromatic carbocycles. The molecule has 0 amide bonds. The molecule has 3 heteroatoms. The highest BCUT2D eigenvalue weighted by molar-refractivity contribution is 5.82. The van der Waals surface area contributed by atoms with Crippen molar-refractivity contribution in [1.29, 1.82) is 0 Å². The molecule has 0 aromatic rings. The standard InChI is InChI=1S/C3H7NO2/c1-3(2-5)4-6/h5-6H,2H2,1H3/b4-3+. The van der Waals surface area contributed by atoms with Gasteiger partial charge in [-0.3, -0.25) is 0 Å². The van der Waals surface area contributed by atoms with Gasteiger partial charge in [0.1, 0.15) is 0 Å². The first-order chi connectivity index (χ1) is 2.81. The van der Waals surface area contributed by atoms with Gasteiger partial charge in [-0.15, -0.1) is 0 Å². The molecule has 0 fully saturated rings. The zero-order valence-electron chi connectivity index (χ0n) is 3.55. The third-order valence-electron chi connectivity index (χ3n) is 0.400. The average molecular weight is 89.1 g/mol. The third-order valence-corrected chi connectivity index (χ3v) is 0.400. The highest BCUT2D eigenvalue weighted by Crippen LogP contribution is 1.66. The maximum Gasteiger partial charge on any atom is 0.0844 e. The van der Waals surface area contributed by atoms with E-state index in [4.69, 9.17) is 10.3 Å². The fraction of sp³-hybridized carbons (Fsp3) is 0.667. The predicted octanol–water partition coefficient (Wildman–Crippen LogP) is -0.171. The Hall–Kier alpha value is -0.570. The van der Waals surface area contributed by atoms with Crippen molar-refractivity contribution in [2.75, 3.05) is 6.61 Å². The van der Waals surface area contributed by atoms with E-state index in [1.165, 1.54) is 6.92 Å². The average Bonchev–Trinajstić information content (AvgIpc) is 1.65. The largest absolute Gasteiger partial charge is 0.411 e. The van der Waals surface area contributed by atoms with Gasteiger partial charge in [-0.05, 0) is 6.92 Å². The first-order valence-corrected chi connectivity index (χ1v) is 1.59. The molecule has 0 aromatic heterocycles. The summed E-state index contributed by atoms with van der Waals surface area (Å²) in [4.78, 5) is 0. The summed E-state index contributed by atoms with van der Waals surface area (Å²) in [6, 6.07) is 0. The van der Waals surface area contributed by atoms with Crippen LogP contribution in [0.2, 0.25) is 0 Å². The summed E-state index contributed by atoms with van der Waals surface area (Å²) in [6.07, 6.45) is 0. The molecule has 0 heterocycles. The Labute approximate surface area is 35.9 Å². The molecule has 0 aliphatic carbocycles. The van der Waals surface area contributed by atoms with Crippen LogP contribution in [0.1, 0.15) is 6.92 Å². The fourth-order valence-electron chi connectivity index (χ4n) is 0.0316. The van der Waals surface area contributed by atoms with Crippen LogP contribution in [0.3, 0.4) is 0 Å². The van der Waals surface area contributed by atoms with E-state index in [1.807, 2.05) is 0 Å². The molecule has 0 rings (SSSR count). The topological polar surface area (TPSA) is 52.8 Å². The number of oxime groups is 1. The van der Waals surface area contributed by atoms with Crippen LogP contribution >= 0.6 is 0 Å². The molecule has 6 heavy (non-hydrogen) atoms. The van der Waals surface area contributed by atoms with E-state index in [0.717, 1.165) is 0 Å². The van der Waals surface area contributed by atoms with Crippen LogP contribution in [0.5, 0.6) is 0 Å². The Kier molecular flexibility index (Phi) is 2.40. The summed E-state index contributed by atoms with van der Waals surface area (Å²) in [7, 11) is 0. The van der Waals surface area contributed by atoms with Crippen molar-refractivity contribution >= 4 is 5.71 Å². The van der Waals surface area contributed by atoms with Gasteiger partial charge in [0.2, 0.25) is 0 Å². The van der Waals surface area contributed by atoms with Gasteiger partial charge >= 0.3 is 0 Å². The van der Waals surface area contributed by atoms with Crippen molar-refractivity contribution < 1.29 is 10.3 Å². The van der Waals surface area contributed by atoms with Gasteiger partial charge in [0.25, 0.3) is 0 Å². The van der Waals surface area contributed by atoms with Gasteiger partial charge in [-0.2, -0.15) is 0 Å². The minimum absolute atomic E-state index is 0.170. The minimum atomic E-state index is -0.170. The third kappa shape index (κ3) is 1.72. The first kappa shape index (κ1) is 5.43. The molecule has 3 nitrogen and oxygen atoms in total. The van der Waals surface area contributed by atoms with Gasteiger partial charge in [0.15, 0.2) is 0 Å². The Morgan fingerprint density at radius 2 is 2.33 bits per heavy atom. The van der Waals surface area contributed by atoms with Crippen molar-refractivity contribution in [2.24, 2.45) is 5.16 Å². The van der Waals surface area contributed by atoms with Crippen molar-refractivity contribution in [3.63, 3.8) is 0 Å². The molecule has 0 bridgehead atoms. The molecule has 0 radical (unpaired) electrons. The second-order valence-electron chi connectivity index (χ2n) is 0.993. The number of rotatable bonds is 1. The number of hydrogen-bond donors (Lipinski definition) is 2. The maximum absolute atomic E-state index is 8.04. The normalized spacial score (nSPS) is 12.0. The highest BCUT2D eigenvalue weighted by atomic mass is 16.4. The second-order valence-corrected chi connectivity index (χ2v) is 0.993. The number of aliphatic hydroxyl groups excluding tert-OH is 1. The van der Waals surface area contributed by atoms with E-state index in [1.54, 1.807) is 0 Å². The lowest BCUT2D eigenvalue weighted by molar-refractivity contribution is 0.302. The van der Waals surface area contributed by atoms with Crippen LogP contribution in [0.15, 0.2) is 5.16 Å². The quantitative estimate of drug-likeness (QED) is 0.266. The van der Waals surface area contributed by atoms with Crippen LogP contribution in [-0.4, -0.2) is 22.6 Å². The number of aliphatic hydroxyl groups is 1. The molecule has 0 unspecified atom stereocenters. The second kappa shape index (κ2) is 2.66. The number of hydrogen-bond acceptors (Lipinski definition) is 3. The van der Waals surface area contributed by atoms with E-state index >= 15 is 0 Å². The summed E-state index contributed by atoms with van der Waals surface area (Å²) < 4.78 is 0. The van der Waals surface area contributed by atoms with E-state index in [-0.39, 0.29) is 6.61 Å². The lowest BCUT2D eigenvalue weighted by Crippen LogP contribution is -1.95. The Balaban J connectivity index is 3.22. The van der Waals surface area contributed by atoms with Gasteiger partial charge in [-0.1, -0.05) is 5.16 Å². The van der Waals surface area contributed by atoms with Crippen molar-refractivity contribution in [2.45, 2.75) is 6.92 Å². The van der Waals surface area contributed by atoms with Crippen molar-refractivity contribution in [3.8, 4) is 0 Å².